The summed E-state index contributed by atoms with van der Waals surface area (Å²) in [6, 6.07) is 14.2. The van der Waals surface area contributed by atoms with Crippen LogP contribution in [-0.4, -0.2) is 12.3 Å². The van der Waals surface area contributed by atoms with Gasteiger partial charge < -0.3 is 0 Å². The molecule has 0 aliphatic heterocycles. The van der Waals surface area contributed by atoms with Crippen LogP contribution in [0.1, 0.15) is 5.56 Å². The quantitative estimate of drug-likeness (QED) is 0.494. The monoisotopic (exact) mass is 352 g/mol. The van der Waals surface area contributed by atoms with Gasteiger partial charge in [-0.3, -0.25) is 10.2 Å². The van der Waals surface area contributed by atoms with Crippen molar-refractivity contribution >= 4 is 45.5 Å². The van der Waals surface area contributed by atoms with Crippen molar-refractivity contribution in [1.82, 2.24) is 0 Å². The molecule has 0 bridgehead atoms. The Labute approximate surface area is 129 Å². The van der Waals surface area contributed by atoms with Crippen molar-refractivity contribution in [3.05, 3.63) is 63.6 Å². The Hall–Kier alpha value is -1.85. The highest BCUT2D eigenvalue weighted by molar-refractivity contribution is 9.10. The Morgan fingerprint density at radius 1 is 1.25 bits per heavy atom. The molecule has 0 heterocycles. The molecule has 2 aromatic rings. The lowest BCUT2D eigenvalue weighted by atomic mass is 10.2. The van der Waals surface area contributed by atoms with Gasteiger partial charge in [-0.1, -0.05) is 50.9 Å². The van der Waals surface area contributed by atoms with Gasteiger partial charge in [-0.2, -0.15) is 0 Å². The van der Waals surface area contributed by atoms with E-state index in [1.165, 1.54) is 6.21 Å². The number of nitrogens with zero attached hydrogens (tertiary/aromatic N) is 1. The molecule has 4 nitrogen and oxygen atoms in total. The average Bonchev–Trinajstić information content (AvgIpc) is 2.41. The van der Waals surface area contributed by atoms with Crippen LogP contribution < -0.4 is 5.32 Å². The van der Waals surface area contributed by atoms with Gasteiger partial charge in [-0.25, -0.2) is 4.79 Å². The van der Waals surface area contributed by atoms with Gasteiger partial charge in [0.25, 0.3) is 0 Å². The molecule has 0 spiro atoms. The van der Waals surface area contributed by atoms with Crippen molar-refractivity contribution in [3.8, 4) is 0 Å². The van der Waals surface area contributed by atoms with Crippen LogP contribution in [0.4, 0.5) is 10.5 Å². The molecule has 6 heteroatoms. The first kappa shape index (κ1) is 14.6. The second kappa shape index (κ2) is 7.07. The summed E-state index contributed by atoms with van der Waals surface area (Å²) in [5.41, 5.74) is 1.37. The van der Waals surface area contributed by atoms with Crippen LogP contribution in [0.2, 0.25) is 5.02 Å². The molecule has 0 aliphatic carbocycles. The van der Waals surface area contributed by atoms with Gasteiger partial charge in [0.2, 0.25) is 0 Å². The van der Waals surface area contributed by atoms with Crippen LogP contribution in [0.3, 0.4) is 0 Å². The summed E-state index contributed by atoms with van der Waals surface area (Å²) in [7, 11) is 0. The molecule has 0 radical (unpaired) electrons. The Kier molecular flexibility index (Phi) is 5.15. The average molecular weight is 354 g/mol. The first-order chi connectivity index (χ1) is 9.63. The van der Waals surface area contributed by atoms with Gasteiger partial charge in [0.1, 0.15) is 0 Å². The van der Waals surface area contributed by atoms with E-state index in [-0.39, 0.29) is 0 Å². The highest BCUT2D eigenvalue weighted by Crippen LogP contribution is 2.15. The lowest BCUT2D eigenvalue weighted by molar-refractivity contribution is 0.167. The highest BCUT2D eigenvalue weighted by atomic mass is 79.9. The van der Waals surface area contributed by atoms with Crippen molar-refractivity contribution in [2.75, 3.05) is 5.32 Å². The zero-order valence-corrected chi connectivity index (χ0v) is 12.6. The fourth-order valence-corrected chi connectivity index (χ4v) is 1.85. The summed E-state index contributed by atoms with van der Waals surface area (Å²) in [4.78, 5) is 16.2. The molecule has 0 saturated heterocycles. The Morgan fingerprint density at radius 3 is 2.70 bits per heavy atom. The summed E-state index contributed by atoms with van der Waals surface area (Å²) < 4.78 is 0.967. The lowest BCUT2D eigenvalue weighted by Gasteiger charge is -2.02. The molecule has 0 aliphatic rings. The maximum absolute atomic E-state index is 11.5. The first-order valence-corrected chi connectivity index (χ1v) is 6.83. The minimum atomic E-state index is -0.680. The van der Waals surface area contributed by atoms with Crippen molar-refractivity contribution < 1.29 is 9.63 Å². The molecular weight excluding hydrogens is 344 g/mol. The van der Waals surface area contributed by atoms with Crippen molar-refractivity contribution in [2.24, 2.45) is 5.16 Å². The van der Waals surface area contributed by atoms with Crippen molar-refractivity contribution in [2.45, 2.75) is 0 Å². The topological polar surface area (TPSA) is 50.7 Å². The fraction of sp³-hybridized carbons (Fsp3) is 0. The first-order valence-electron chi connectivity index (χ1n) is 5.66. The predicted octanol–water partition coefficient (Wildman–Crippen LogP) is 4.69. The number of halogens is 2. The smallest absolute Gasteiger partial charge is 0.298 e. The molecule has 20 heavy (non-hydrogen) atoms. The maximum Gasteiger partial charge on any atom is 0.437 e. The van der Waals surface area contributed by atoms with Crippen molar-refractivity contribution in [1.29, 1.82) is 0 Å². The second-order valence-electron chi connectivity index (χ2n) is 3.80. The number of nitrogens with one attached hydrogen (secondary N) is 1. The van der Waals surface area contributed by atoms with Crippen LogP contribution in [0.15, 0.2) is 58.2 Å². The van der Waals surface area contributed by atoms with E-state index in [2.05, 4.69) is 31.2 Å². The highest BCUT2D eigenvalue weighted by Gasteiger charge is 2.02. The summed E-state index contributed by atoms with van der Waals surface area (Å²) >= 11 is 9.13. The Morgan fingerprint density at radius 2 is 2.00 bits per heavy atom. The number of hydrogen-bond acceptors (Lipinski definition) is 3. The maximum atomic E-state index is 11.5. The van der Waals surface area contributed by atoms with Gasteiger partial charge in [0.15, 0.2) is 0 Å². The number of rotatable bonds is 3. The van der Waals surface area contributed by atoms with E-state index in [4.69, 9.17) is 11.6 Å². The molecule has 2 rings (SSSR count). The van der Waals surface area contributed by atoms with E-state index >= 15 is 0 Å². The van der Waals surface area contributed by atoms with Crippen LogP contribution in [0.5, 0.6) is 0 Å². The van der Waals surface area contributed by atoms with Gasteiger partial charge in [-0.15, -0.1) is 0 Å². The van der Waals surface area contributed by atoms with Crippen LogP contribution in [0.25, 0.3) is 0 Å². The number of amides is 1. The normalized spacial score (nSPS) is 10.5. The summed E-state index contributed by atoms with van der Waals surface area (Å²) in [6.45, 7) is 0. The summed E-state index contributed by atoms with van der Waals surface area (Å²) in [5, 5.41) is 6.64. The zero-order chi connectivity index (χ0) is 14.4. The lowest BCUT2D eigenvalue weighted by Crippen LogP contribution is -2.10. The molecule has 102 valence electrons. The van der Waals surface area contributed by atoms with E-state index in [9.17, 15) is 4.79 Å². The molecule has 0 aromatic heterocycles. The third-order valence-electron chi connectivity index (χ3n) is 2.28. The Balaban J connectivity index is 1.87. The second-order valence-corrected chi connectivity index (χ2v) is 5.15. The molecule has 0 atom stereocenters. The van der Waals surface area contributed by atoms with Crippen molar-refractivity contribution in [3.63, 3.8) is 0 Å². The number of oxime groups is 1. The minimum Gasteiger partial charge on any atom is -0.298 e. The SMILES string of the molecule is O=C(Nc1cccc(Cl)c1)O/N=C/c1ccc(Br)cc1. The fourth-order valence-electron chi connectivity index (χ4n) is 1.39. The number of hydrogen-bond donors (Lipinski definition) is 1. The van der Waals surface area contributed by atoms with E-state index in [0.29, 0.717) is 10.7 Å². The van der Waals surface area contributed by atoms with E-state index in [1.807, 2.05) is 24.3 Å². The van der Waals surface area contributed by atoms with E-state index < -0.39 is 6.09 Å². The van der Waals surface area contributed by atoms with E-state index in [0.717, 1.165) is 10.0 Å². The third-order valence-corrected chi connectivity index (χ3v) is 3.04. The van der Waals surface area contributed by atoms with Gasteiger partial charge in [0, 0.05) is 15.2 Å². The largest absolute Gasteiger partial charge is 0.437 e. The molecule has 0 saturated carbocycles. The predicted molar refractivity (Wildman–Crippen MR) is 83.3 cm³/mol. The molecule has 1 N–H and O–H groups in total. The van der Waals surface area contributed by atoms with E-state index in [1.54, 1.807) is 24.3 Å². The number of carbonyl (C=O) groups is 1. The van der Waals surface area contributed by atoms with Gasteiger partial charge in [-0.05, 0) is 35.9 Å². The molecule has 1 amide bonds. The number of benzene rings is 2. The summed E-state index contributed by atoms with van der Waals surface area (Å²) in [6.07, 6.45) is 0.768. The standard InChI is InChI=1S/C14H10BrClN2O2/c15-11-6-4-10(5-7-11)9-17-20-14(19)18-13-3-1-2-12(16)8-13/h1-9H,(H,18,19)/b17-9+. The minimum absolute atomic E-state index is 0.529. The number of anilines is 1. The zero-order valence-electron chi connectivity index (χ0n) is 10.2. The number of carbonyl (C=O) groups excluding carboxylic acids is 1. The summed E-state index contributed by atoms with van der Waals surface area (Å²) in [5.74, 6) is 0. The molecule has 2 aromatic carbocycles. The van der Waals surface area contributed by atoms with Gasteiger partial charge >= 0.3 is 6.09 Å². The Bertz CT molecular complexity index is 629. The third kappa shape index (κ3) is 4.68. The van der Waals surface area contributed by atoms with Crippen LogP contribution in [-0.2, 0) is 4.84 Å². The molecule has 0 fully saturated rings. The molecular formula is C14H10BrClN2O2. The molecule has 0 unspecified atom stereocenters. The van der Waals surface area contributed by atoms with Crippen LogP contribution >= 0.6 is 27.5 Å². The van der Waals surface area contributed by atoms with Gasteiger partial charge in [0.05, 0.1) is 6.21 Å². The van der Waals surface area contributed by atoms with Crippen LogP contribution in [0, 0.1) is 0 Å².